The highest BCUT2D eigenvalue weighted by Gasteiger charge is 2.54. The third-order valence-corrected chi connectivity index (χ3v) is 13.8. The maximum Gasteiger partial charge on any atom is 0.306 e. The highest BCUT2D eigenvalue weighted by molar-refractivity contribution is 5.99. The van der Waals surface area contributed by atoms with Crippen molar-refractivity contribution in [3.8, 4) is 0 Å². The van der Waals surface area contributed by atoms with Crippen LogP contribution in [0.5, 0.6) is 0 Å². The number of likely N-dealkylation sites (N-methyl/N-ethyl adjacent to an activating group) is 1. The molecule has 5 fully saturated rings. The van der Waals surface area contributed by atoms with Crippen LogP contribution in [0.2, 0.25) is 0 Å². The van der Waals surface area contributed by atoms with Crippen LogP contribution in [0.3, 0.4) is 0 Å². The largest absolute Gasteiger partial charge is 0.462 e. The topological polar surface area (TPSA) is 111 Å². The molecule has 6 rings (SSSR count). The molecule has 11 heteroatoms. The number of allylic oxidation sites excluding steroid dienone is 2. The molecule has 0 aromatic heterocycles. The molecule has 3 saturated heterocycles. The molecule has 3 aliphatic heterocycles. The zero-order chi connectivity index (χ0) is 38.0. The summed E-state index contributed by atoms with van der Waals surface area (Å²) in [7, 11) is 7.55. The zero-order valence-corrected chi connectivity index (χ0v) is 33.9. The van der Waals surface area contributed by atoms with Gasteiger partial charge in [-0.1, -0.05) is 19.9 Å². The van der Waals surface area contributed by atoms with Crippen LogP contribution in [-0.2, 0) is 47.5 Å². The van der Waals surface area contributed by atoms with Crippen LogP contribution < -0.4 is 0 Å². The summed E-state index contributed by atoms with van der Waals surface area (Å²) in [6, 6.07) is 0.345. The molecule has 6 aliphatic rings. The Bertz CT molecular complexity index is 1260. The van der Waals surface area contributed by atoms with E-state index in [-0.39, 0.29) is 90.9 Å². The minimum Gasteiger partial charge on any atom is -0.462 e. The molecule has 11 nitrogen and oxygen atoms in total. The number of cyclic esters (lactones) is 1. The van der Waals surface area contributed by atoms with Crippen LogP contribution in [-0.4, -0.2) is 119 Å². The van der Waals surface area contributed by atoms with Gasteiger partial charge in [0.05, 0.1) is 30.8 Å². The SMILES string of the molecule is CCO[C@@H]1C(OC)[C@H](C)O[C@@H](O[C@@H]2C[C@H]3CC[C@@H]4[C@@H](C=C5C(=O)[C@H](C)[C@@H](O[C@H]6CC[C@H](N(C)C)[C@@H](C)O6)CCC[C@H](CC)OC(=O)C[C@H]54)[C@@H]3C2)[C@@H]1OC. The molecule has 2 saturated carbocycles. The predicted molar refractivity (Wildman–Crippen MR) is 199 cm³/mol. The number of carbonyl (C=O) groups excluding carboxylic acids is 2. The summed E-state index contributed by atoms with van der Waals surface area (Å²) in [5.74, 6) is 0.733. The number of ketones is 1. The molecule has 3 aliphatic carbocycles. The predicted octanol–water partition coefficient (Wildman–Crippen LogP) is 6.10. The van der Waals surface area contributed by atoms with Gasteiger partial charge in [-0.2, -0.15) is 0 Å². The monoisotopic (exact) mass is 747 g/mol. The van der Waals surface area contributed by atoms with Gasteiger partial charge in [-0.3, -0.25) is 9.59 Å². The van der Waals surface area contributed by atoms with Gasteiger partial charge >= 0.3 is 5.97 Å². The van der Waals surface area contributed by atoms with Crippen molar-refractivity contribution in [1.29, 1.82) is 0 Å². The molecule has 53 heavy (non-hydrogen) atoms. The van der Waals surface area contributed by atoms with E-state index in [9.17, 15) is 9.59 Å². The van der Waals surface area contributed by atoms with Crippen LogP contribution in [0, 0.1) is 35.5 Å². The van der Waals surface area contributed by atoms with Crippen LogP contribution >= 0.6 is 0 Å². The number of carbonyl (C=O) groups is 2. The molecule has 0 radical (unpaired) electrons. The molecule has 0 aromatic rings. The number of ether oxygens (including phenoxy) is 8. The third kappa shape index (κ3) is 8.93. The quantitative estimate of drug-likeness (QED) is 0.242. The molecule has 302 valence electrons. The molecule has 1 unspecified atom stereocenters. The second kappa shape index (κ2) is 18.2. The van der Waals surface area contributed by atoms with E-state index in [4.69, 9.17) is 37.9 Å². The number of nitrogens with zero attached hydrogens (tertiary/aromatic N) is 1. The fourth-order valence-corrected chi connectivity index (χ4v) is 11.1. The van der Waals surface area contributed by atoms with E-state index in [1.807, 2.05) is 20.8 Å². The lowest BCUT2D eigenvalue weighted by atomic mass is 9.66. The van der Waals surface area contributed by atoms with Gasteiger partial charge in [0, 0.05) is 38.7 Å². The van der Waals surface area contributed by atoms with Crippen LogP contribution in [0.4, 0.5) is 0 Å². The van der Waals surface area contributed by atoms with E-state index >= 15 is 0 Å². The summed E-state index contributed by atoms with van der Waals surface area (Å²) in [6.07, 6.45) is 8.81. The fraction of sp³-hybridized carbons (Fsp3) is 0.905. The lowest BCUT2D eigenvalue weighted by Gasteiger charge is -2.44. The summed E-state index contributed by atoms with van der Waals surface area (Å²) < 4.78 is 50.2. The Labute approximate surface area is 318 Å². The van der Waals surface area contributed by atoms with Crippen molar-refractivity contribution in [3.63, 3.8) is 0 Å². The van der Waals surface area contributed by atoms with Gasteiger partial charge < -0.3 is 42.8 Å². The first-order valence-corrected chi connectivity index (χ1v) is 20.9. The number of rotatable bonds is 10. The van der Waals surface area contributed by atoms with Gasteiger partial charge in [0.15, 0.2) is 18.4 Å². The maximum atomic E-state index is 14.7. The van der Waals surface area contributed by atoms with Crippen LogP contribution in [0.15, 0.2) is 11.6 Å². The maximum absolute atomic E-state index is 14.7. The first kappa shape index (κ1) is 41.2. The molecular weight excluding hydrogens is 678 g/mol. The molecule has 17 atom stereocenters. The number of Topliss-reactive ketones (excluding diaryl/α,β-unsaturated/α-hetero) is 1. The van der Waals surface area contributed by atoms with Crippen molar-refractivity contribution < 1.29 is 47.5 Å². The van der Waals surface area contributed by atoms with Gasteiger partial charge in [-0.05, 0) is 128 Å². The first-order valence-electron chi connectivity index (χ1n) is 20.9. The highest BCUT2D eigenvalue weighted by Crippen LogP contribution is 2.57. The standard InChI is InChI=1S/C42H69NO10/c1-10-27-13-12-14-35(53-37-18-17-34(43(6)7)24(4)49-37)23(3)38(45)33-21-31-29(32(33)22-36(44)51-27)16-15-26-19-28(20-30(26)31)52-42-41(47-9)40(48-11-2)39(46-8)25(5)50-42/h21,23-32,34-35,37,39-42H,10-20,22H2,1-9H3/t23-,24-,25+,26-,27+,28-,29-,30-,31-,32+,34+,35+,37+,39?,40-,41-,42+/m1/s1. The van der Waals surface area contributed by atoms with E-state index in [1.54, 1.807) is 14.2 Å². The van der Waals surface area contributed by atoms with Gasteiger partial charge in [-0.15, -0.1) is 0 Å². The van der Waals surface area contributed by atoms with Gasteiger partial charge in [0.25, 0.3) is 0 Å². The zero-order valence-electron chi connectivity index (χ0n) is 33.9. The number of fused-ring (bicyclic) bond motifs is 5. The lowest BCUT2D eigenvalue weighted by Crippen LogP contribution is -2.60. The Morgan fingerprint density at radius 2 is 1.60 bits per heavy atom. The van der Waals surface area contributed by atoms with E-state index in [1.165, 1.54) is 0 Å². The Morgan fingerprint density at radius 1 is 0.830 bits per heavy atom. The Morgan fingerprint density at radius 3 is 2.28 bits per heavy atom. The molecule has 3 heterocycles. The third-order valence-electron chi connectivity index (χ3n) is 13.8. The number of hydrogen-bond donors (Lipinski definition) is 0. The van der Waals surface area contributed by atoms with E-state index in [0.29, 0.717) is 24.5 Å². The van der Waals surface area contributed by atoms with Gasteiger partial charge in [-0.25, -0.2) is 0 Å². The smallest absolute Gasteiger partial charge is 0.306 e. The Kier molecular flexibility index (Phi) is 14.2. The van der Waals surface area contributed by atoms with E-state index in [0.717, 1.165) is 69.8 Å². The van der Waals surface area contributed by atoms with Gasteiger partial charge in [0.1, 0.15) is 24.4 Å². The summed E-state index contributed by atoms with van der Waals surface area (Å²) in [4.78, 5) is 30.5. The average molecular weight is 748 g/mol. The highest BCUT2D eigenvalue weighted by atomic mass is 16.7. The number of esters is 1. The second-order valence-corrected chi connectivity index (χ2v) is 17.1. The van der Waals surface area contributed by atoms with Crippen molar-refractivity contribution >= 4 is 11.8 Å². The van der Waals surface area contributed by atoms with Crippen LogP contribution in [0.1, 0.15) is 105 Å². The Hall–Kier alpha value is -1.44. The molecule has 0 amide bonds. The number of hydrogen-bond acceptors (Lipinski definition) is 11. The molecular formula is C42H69NO10. The van der Waals surface area contributed by atoms with Crippen molar-refractivity contribution in [2.75, 3.05) is 34.9 Å². The minimum absolute atomic E-state index is 0.00218. The first-order chi connectivity index (χ1) is 25.5. The van der Waals surface area contributed by atoms with E-state index < -0.39 is 12.4 Å². The lowest BCUT2D eigenvalue weighted by molar-refractivity contribution is -0.317. The normalized spacial score (nSPS) is 45.4. The van der Waals surface area contributed by atoms with E-state index in [2.05, 4.69) is 38.9 Å². The van der Waals surface area contributed by atoms with Gasteiger partial charge in [0.2, 0.25) is 0 Å². The summed E-state index contributed by atoms with van der Waals surface area (Å²) >= 11 is 0. The average Bonchev–Trinajstić information content (AvgIpc) is 3.70. The molecule has 0 spiro atoms. The fourth-order valence-electron chi connectivity index (χ4n) is 11.1. The summed E-state index contributed by atoms with van der Waals surface area (Å²) in [5, 5.41) is 0. The minimum atomic E-state index is -0.568. The van der Waals surface area contributed by atoms with Crippen molar-refractivity contribution in [1.82, 2.24) is 4.90 Å². The summed E-state index contributed by atoms with van der Waals surface area (Å²) in [5.41, 5.74) is 0.816. The second-order valence-electron chi connectivity index (χ2n) is 17.1. The molecule has 0 aromatic carbocycles. The van der Waals surface area contributed by atoms with Crippen LogP contribution in [0.25, 0.3) is 0 Å². The van der Waals surface area contributed by atoms with Crippen molar-refractivity contribution in [2.45, 2.75) is 173 Å². The summed E-state index contributed by atoms with van der Waals surface area (Å²) in [6.45, 7) is 10.7. The van der Waals surface area contributed by atoms with Crippen molar-refractivity contribution in [3.05, 3.63) is 11.6 Å². The Balaban J connectivity index is 1.20. The number of methoxy groups -OCH3 is 2. The van der Waals surface area contributed by atoms with Crippen molar-refractivity contribution in [2.24, 2.45) is 35.5 Å². The molecule has 0 bridgehead atoms. The molecule has 0 N–H and O–H groups in total.